The monoisotopic (exact) mass is 271 g/mol. The first-order valence-corrected chi connectivity index (χ1v) is 6.07. The fraction of sp³-hybridized carbons (Fsp3) is 0.500. The van der Waals surface area contributed by atoms with Crippen LogP contribution in [0.5, 0.6) is 0 Å². The molecule has 1 nitrogen and oxygen atoms in total. The zero-order valence-electron chi connectivity index (χ0n) is 8.84. The van der Waals surface area contributed by atoms with Crippen LogP contribution in [0.2, 0.25) is 0 Å². The van der Waals surface area contributed by atoms with Crippen molar-refractivity contribution in [3.63, 3.8) is 0 Å². The van der Waals surface area contributed by atoms with Crippen LogP contribution in [0.15, 0.2) is 22.7 Å². The molecule has 1 aromatic rings. The van der Waals surface area contributed by atoms with Crippen molar-refractivity contribution in [1.82, 2.24) is 4.90 Å². The number of halogens is 2. The number of rotatable bonds is 4. The quantitative estimate of drug-likeness (QED) is 0.811. The van der Waals surface area contributed by atoms with Crippen molar-refractivity contribution in [3.05, 3.63) is 34.1 Å². The predicted molar refractivity (Wildman–Crippen MR) is 63.2 cm³/mol. The average Bonchev–Trinajstić information content (AvgIpc) is 2.95. The van der Waals surface area contributed by atoms with Crippen LogP contribution in [0.1, 0.15) is 18.4 Å². The topological polar surface area (TPSA) is 3.24 Å². The van der Waals surface area contributed by atoms with Gasteiger partial charge in [-0.25, -0.2) is 4.39 Å². The van der Waals surface area contributed by atoms with E-state index in [1.807, 2.05) is 12.1 Å². The Bertz CT molecular complexity index is 349. The molecule has 0 aromatic heterocycles. The minimum atomic E-state index is -0.191. The summed E-state index contributed by atoms with van der Waals surface area (Å²) in [5.74, 6) is 0.711. The lowest BCUT2D eigenvalue weighted by Crippen LogP contribution is -2.20. The van der Waals surface area contributed by atoms with Gasteiger partial charge in [0.15, 0.2) is 0 Å². The highest BCUT2D eigenvalue weighted by Gasteiger charge is 2.22. The molecule has 0 amide bonds. The summed E-state index contributed by atoms with van der Waals surface area (Å²) in [5.41, 5.74) is 1.16. The van der Waals surface area contributed by atoms with E-state index in [1.165, 1.54) is 18.9 Å². The normalized spacial score (nSPS) is 16.0. The first-order chi connectivity index (χ1) is 7.15. The molecule has 0 N–H and O–H groups in total. The summed E-state index contributed by atoms with van der Waals surface area (Å²) in [5, 5.41) is 0. The highest BCUT2D eigenvalue weighted by Crippen LogP contribution is 2.29. The van der Waals surface area contributed by atoms with Crippen LogP contribution in [0.4, 0.5) is 4.39 Å². The molecule has 0 unspecified atom stereocenters. The van der Waals surface area contributed by atoms with Crippen molar-refractivity contribution < 1.29 is 4.39 Å². The van der Waals surface area contributed by atoms with Gasteiger partial charge in [0.05, 0.1) is 4.47 Å². The maximum Gasteiger partial charge on any atom is 0.137 e. The standard InChI is InChI=1S/C12H15BrFN/c1-15(7-9-2-3-9)8-10-4-5-12(14)11(13)6-10/h4-6,9H,2-3,7-8H2,1H3. The number of nitrogens with zero attached hydrogens (tertiary/aromatic N) is 1. The molecule has 1 aliphatic rings. The summed E-state index contributed by atoms with van der Waals surface area (Å²) in [6.45, 7) is 2.06. The minimum absolute atomic E-state index is 0.191. The second-order valence-corrected chi connectivity index (χ2v) is 5.24. The molecule has 1 aromatic carbocycles. The summed E-state index contributed by atoms with van der Waals surface area (Å²) < 4.78 is 13.6. The van der Waals surface area contributed by atoms with E-state index in [9.17, 15) is 4.39 Å². The first kappa shape index (κ1) is 11.1. The maximum atomic E-state index is 13.0. The van der Waals surface area contributed by atoms with Gasteiger partial charge in [0.2, 0.25) is 0 Å². The molecule has 82 valence electrons. The summed E-state index contributed by atoms with van der Waals surface area (Å²) >= 11 is 3.21. The fourth-order valence-corrected chi connectivity index (χ4v) is 2.18. The van der Waals surface area contributed by atoms with E-state index in [1.54, 1.807) is 0 Å². The van der Waals surface area contributed by atoms with E-state index in [0.717, 1.165) is 24.6 Å². The SMILES string of the molecule is CN(Cc1ccc(F)c(Br)c1)CC1CC1. The van der Waals surface area contributed by atoms with Crippen LogP contribution >= 0.6 is 15.9 Å². The molecule has 1 aliphatic carbocycles. The summed E-state index contributed by atoms with van der Waals surface area (Å²) in [7, 11) is 2.12. The zero-order chi connectivity index (χ0) is 10.8. The van der Waals surface area contributed by atoms with Crippen LogP contribution in [-0.4, -0.2) is 18.5 Å². The highest BCUT2D eigenvalue weighted by molar-refractivity contribution is 9.10. The molecule has 0 bridgehead atoms. The van der Waals surface area contributed by atoms with Crippen molar-refractivity contribution in [2.45, 2.75) is 19.4 Å². The Morgan fingerprint density at radius 1 is 1.47 bits per heavy atom. The average molecular weight is 272 g/mol. The van der Waals surface area contributed by atoms with E-state index in [-0.39, 0.29) is 5.82 Å². The second kappa shape index (κ2) is 4.62. The Hall–Kier alpha value is -0.410. The summed E-state index contributed by atoms with van der Waals surface area (Å²) in [6, 6.07) is 5.23. The van der Waals surface area contributed by atoms with Crippen LogP contribution in [0.25, 0.3) is 0 Å². The van der Waals surface area contributed by atoms with Crippen LogP contribution in [0, 0.1) is 11.7 Å². The lowest BCUT2D eigenvalue weighted by Gasteiger charge is -2.16. The third-order valence-electron chi connectivity index (χ3n) is 2.70. The van der Waals surface area contributed by atoms with Crippen molar-refractivity contribution in [2.75, 3.05) is 13.6 Å². The number of hydrogen-bond acceptors (Lipinski definition) is 1. The van der Waals surface area contributed by atoms with Crippen LogP contribution in [0.3, 0.4) is 0 Å². The number of benzene rings is 1. The van der Waals surface area contributed by atoms with Gasteiger partial charge in [0, 0.05) is 13.1 Å². The molecule has 3 heteroatoms. The van der Waals surface area contributed by atoms with Gasteiger partial charge in [-0.3, -0.25) is 0 Å². The molecule has 0 radical (unpaired) electrons. The Balaban J connectivity index is 1.93. The number of hydrogen-bond donors (Lipinski definition) is 0. The molecule has 15 heavy (non-hydrogen) atoms. The Kier molecular flexibility index (Phi) is 3.42. The van der Waals surface area contributed by atoms with Crippen molar-refractivity contribution in [3.8, 4) is 0 Å². The Morgan fingerprint density at radius 3 is 2.80 bits per heavy atom. The lowest BCUT2D eigenvalue weighted by atomic mass is 10.2. The second-order valence-electron chi connectivity index (χ2n) is 4.39. The van der Waals surface area contributed by atoms with E-state index in [0.29, 0.717) is 4.47 Å². The van der Waals surface area contributed by atoms with Gasteiger partial charge >= 0.3 is 0 Å². The van der Waals surface area contributed by atoms with Gasteiger partial charge in [-0.15, -0.1) is 0 Å². The molecule has 1 fully saturated rings. The lowest BCUT2D eigenvalue weighted by molar-refractivity contribution is 0.313. The first-order valence-electron chi connectivity index (χ1n) is 5.27. The molecule has 1 saturated carbocycles. The summed E-state index contributed by atoms with van der Waals surface area (Å²) in [4.78, 5) is 2.30. The fourth-order valence-electron chi connectivity index (χ4n) is 1.76. The van der Waals surface area contributed by atoms with Crippen LogP contribution < -0.4 is 0 Å². The highest BCUT2D eigenvalue weighted by atomic mass is 79.9. The molecule has 0 heterocycles. The molecular weight excluding hydrogens is 257 g/mol. The van der Waals surface area contributed by atoms with Crippen molar-refractivity contribution >= 4 is 15.9 Å². The molecule has 0 saturated heterocycles. The van der Waals surface area contributed by atoms with Gasteiger partial charge in [-0.05, 0) is 59.4 Å². The minimum Gasteiger partial charge on any atom is -0.302 e. The van der Waals surface area contributed by atoms with Gasteiger partial charge < -0.3 is 4.90 Å². The summed E-state index contributed by atoms with van der Waals surface area (Å²) in [6.07, 6.45) is 2.74. The smallest absolute Gasteiger partial charge is 0.137 e. The predicted octanol–water partition coefficient (Wildman–Crippen LogP) is 3.43. The molecule has 0 aliphatic heterocycles. The van der Waals surface area contributed by atoms with Gasteiger partial charge in [0.25, 0.3) is 0 Å². The molecule has 0 atom stereocenters. The maximum absolute atomic E-state index is 13.0. The van der Waals surface area contributed by atoms with E-state index >= 15 is 0 Å². The van der Waals surface area contributed by atoms with Gasteiger partial charge in [0.1, 0.15) is 5.82 Å². The molecular formula is C12H15BrFN. The molecule has 2 rings (SSSR count). The van der Waals surface area contributed by atoms with E-state index < -0.39 is 0 Å². The Labute approximate surface area is 98.4 Å². The largest absolute Gasteiger partial charge is 0.302 e. The molecule has 0 spiro atoms. The van der Waals surface area contributed by atoms with E-state index in [2.05, 4.69) is 27.9 Å². The van der Waals surface area contributed by atoms with Gasteiger partial charge in [-0.2, -0.15) is 0 Å². The van der Waals surface area contributed by atoms with Crippen LogP contribution in [-0.2, 0) is 6.54 Å². The zero-order valence-corrected chi connectivity index (χ0v) is 10.4. The van der Waals surface area contributed by atoms with Crippen molar-refractivity contribution in [1.29, 1.82) is 0 Å². The van der Waals surface area contributed by atoms with Crippen molar-refractivity contribution in [2.24, 2.45) is 5.92 Å². The van der Waals surface area contributed by atoms with Gasteiger partial charge in [-0.1, -0.05) is 6.07 Å². The third kappa shape index (κ3) is 3.28. The third-order valence-corrected chi connectivity index (χ3v) is 3.31. The Morgan fingerprint density at radius 2 is 2.20 bits per heavy atom. The van der Waals surface area contributed by atoms with E-state index in [4.69, 9.17) is 0 Å².